The molecule has 1 aliphatic heterocycles. The highest BCUT2D eigenvalue weighted by molar-refractivity contribution is 5.86. The van der Waals surface area contributed by atoms with Crippen molar-refractivity contribution in [2.24, 2.45) is 0 Å². The normalized spacial score (nSPS) is 14.2. The molecule has 1 saturated heterocycles. The summed E-state index contributed by atoms with van der Waals surface area (Å²) in [6.45, 7) is 8.41. The minimum Gasteiger partial charge on any atom is -0.493 e. The van der Waals surface area contributed by atoms with Crippen molar-refractivity contribution in [1.29, 1.82) is 0 Å². The fourth-order valence-corrected chi connectivity index (χ4v) is 3.62. The predicted molar refractivity (Wildman–Crippen MR) is 116 cm³/mol. The Balaban J connectivity index is 1.63. The van der Waals surface area contributed by atoms with Gasteiger partial charge in [-0.1, -0.05) is 33.1 Å². The third kappa shape index (κ3) is 5.48. The standard InChI is InChI=1S/C24H33FN2O3/c1-4-6-8-9-23(28)27-14-19(15-27)30-16-22-17(3)24(29-12-7-5-2)20-13-18(25)10-11-21(20)26-22/h10-11,13,19H,4-9,12,14-16H2,1-3H3. The highest BCUT2D eigenvalue weighted by Crippen LogP contribution is 2.32. The number of carbonyl (C=O) groups is 1. The lowest BCUT2D eigenvalue weighted by molar-refractivity contribution is -0.146. The Hall–Kier alpha value is -2.21. The Bertz CT molecular complexity index is 865. The van der Waals surface area contributed by atoms with Gasteiger partial charge in [0.25, 0.3) is 0 Å². The van der Waals surface area contributed by atoms with Gasteiger partial charge in [0.2, 0.25) is 5.91 Å². The van der Waals surface area contributed by atoms with Gasteiger partial charge in [-0.2, -0.15) is 0 Å². The number of ether oxygens (including phenoxy) is 2. The molecule has 6 heteroatoms. The molecule has 0 spiro atoms. The zero-order valence-electron chi connectivity index (χ0n) is 18.4. The molecule has 2 aromatic rings. The van der Waals surface area contributed by atoms with Gasteiger partial charge in [0.1, 0.15) is 11.6 Å². The Labute approximate surface area is 178 Å². The maximum Gasteiger partial charge on any atom is 0.222 e. The molecule has 1 aromatic heterocycles. The number of benzene rings is 1. The van der Waals surface area contributed by atoms with E-state index >= 15 is 0 Å². The van der Waals surface area contributed by atoms with Crippen LogP contribution in [0.4, 0.5) is 4.39 Å². The van der Waals surface area contributed by atoms with Crippen LogP contribution in [-0.2, 0) is 16.1 Å². The largest absolute Gasteiger partial charge is 0.493 e. The molecule has 0 radical (unpaired) electrons. The number of nitrogens with zero attached hydrogens (tertiary/aromatic N) is 2. The molecule has 0 bridgehead atoms. The first-order chi connectivity index (χ1) is 14.5. The molecule has 1 aromatic carbocycles. The first-order valence-corrected chi connectivity index (χ1v) is 11.1. The number of aromatic nitrogens is 1. The van der Waals surface area contributed by atoms with E-state index in [1.165, 1.54) is 12.1 Å². The average molecular weight is 417 g/mol. The van der Waals surface area contributed by atoms with Crippen molar-refractivity contribution in [3.8, 4) is 5.75 Å². The number of pyridine rings is 1. The van der Waals surface area contributed by atoms with Crippen LogP contribution in [0.2, 0.25) is 0 Å². The molecule has 0 unspecified atom stereocenters. The van der Waals surface area contributed by atoms with Crippen LogP contribution < -0.4 is 4.74 Å². The zero-order valence-corrected chi connectivity index (χ0v) is 18.4. The lowest BCUT2D eigenvalue weighted by atomic mass is 10.1. The van der Waals surface area contributed by atoms with Crippen LogP contribution >= 0.6 is 0 Å². The van der Waals surface area contributed by atoms with Crippen LogP contribution in [0.15, 0.2) is 18.2 Å². The van der Waals surface area contributed by atoms with E-state index in [1.807, 2.05) is 11.8 Å². The number of carbonyl (C=O) groups excluding carboxylic acids is 1. The van der Waals surface area contributed by atoms with Gasteiger partial charge in [0.15, 0.2) is 0 Å². The van der Waals surface area contributed by atoms with Gasteiger partial charge >= 0.3 is 0 Å². The van der Waals surface area contributed by atoms with Gasteiger partial charge in [-0.3, -0.25) is 4.79 Å². The summed E-state index contributed by atoms with van der Waals surface area (Å²) >= 11 is 0. The minimum absolute atomic E-state index is 0.0368. The van der Waals surface area contributed by atoms with Gasteiger partial charge in [-0.25, -0.2) is 9.37 Å². The van der Waals surface area contributed by atoms with Crippen LogP contribution in [0.5, 0.6) is 5.75 Å². The molecule has 164 valence electrons. The molecular formula is C24H33FN2O3. The summed E-state index contributed by atoms with van der Waals surface area (Å²) in [4.78, 5) is 18.7. The van der Waals surface area contributed by atoms with Crippen molar-refractivity contribution in [1.82, 2.24) is 9.88 Å². The molecule has 2 heterocycles. The second kappa shape index (κ2) is 10.7. The van der Waals surface area contributed by atoms with E-state index in [2.05, 4.69) is 18.8 Å². The van der Waals surface area contributed by atoms with E-state index in [9.17, 15) is 9.18 Å². The fourth-order valence-electron chi connectivity index (χ4n) is 3.62. The number of amides is 1. The van der Waals surface area contributed by atoms with Crippen molar-refractivity contribution in [3.63, 3.8) is 0 Å². The van der Waals surface area contributed by atoms with E-state index in [-0.39, 0.29) is 17.8 Å². The third-order valence-electron chi connectivity index (χ3n) is 5.63. The number of likely N-dealkylation sites (tertiary alicyclic amines) is 1. The molecule has 30 heavy (non-hydrogen) atoms. The third-order valence-corrected chi connectivity index (χ3v) is 5.63. The van der Waals surface area contributed by atoms with Crippen molar-refractivity contribution in [2.45, 2.75) is 72.0 Å². The highest BCUT2D eigenvalue weighted by atomic mass is 19.1. The van der Waals surface area contributed by atoms with Crippen LogP contribution in [0.25, 0.3) is 10.9 Å². The summed E-state index contributed by atoms with van der Waals surface area (Å²) < 4.78 is 25.8. The quantitative estimate of drug-likeness (QED) is 0.474. The van der Waals surface area contributed by atoms with Gasteiger partial charge < -0.3 is 14.4 Å². The van der Waals surface area contributed by atoms with Gasteiger partial charge in [0, 0.05) is 30.5 Å². The van der Waals surface area contributed by atoms with Gasteiger partial charge in [0.05, 0.1) is 30.5 Å². The van der Waals surface area contributed by atoms with E-state index in [1.54, 1.807) is 6.07 Å². The Kier molecular flexibility index (Phi) is 8.02. The van der Waals surface area contributed by atoms with Crippen LogP contribution in [-0.4, -0.2) is 41.6 Å². The van der Waals surface area contributed by atoms with Crippen molar-refractivity contribution >= 4 is 16.8 Å². The predicted octanol–water partition coefficient (Wildman–Crippen LogP) is 5.17. The maximum atomic E-state index is 13.8. The molecular weight excluding hydrogens is 383 g/mol. The van der Waals surface area contributed by atoms with E-state index in [4.69, 9.17) is 9.47 Å². The van der Waals surface area contributed by atoms with Gasteiger partial charge in [-0.05, 0) is 38.0 Å². The monoisotopic (exact) mass is 416 g/mol. The molecule has 5 nitrogen and oxygen atoms in total. The summed E-state index contributed by atoms with van der Waals surface area (Å²) in [6, 6.07) is 4.58. The lowest BCUT2D eigenvalue weighted by Gasteiger charge is -2.39. The SMILES string of the molecule is CCCCCC(=O)N1CC(OCc2nc3ccc(F)cc3c(OCCCC)c2C)C1. The van der Waals surface area contributed by atoms with Crippen molar-refractivity contribution < 1.29 is 18.7 Å². The minimum atomic E-state index is -0.300. The summed E-state index contributed by atoms with van der Waals surface area (Å²) in [5, 5.41) is 0.694. The van der Waals surface area contributed by atoms with Crippen LogP contribution in [0.1, 0.15) is 63.6 Å². The molecule has 0 aliphatic carbocycles. The first kappa shape index (κ1) is 22.5. The topological polar surface area (TPSA) is 51.7 Å². The smallest absolute Gasteiger partial charge is 0.222 e. The number of unbranched alkanes of at least 4 members (excludes halogenated alkanes) is 3. The van der Waals surface area contributed by atoms with Crippen molar-refractivity contribution in [3.05, 3.63) is 35.3 Å². The highest BCUT2D eigenvalue weighted by Gasteiger charge is 2.31. The Morgan fingerprint density at radius 1 is 1.20 bits per heavy atom. The van der Waals surface area contributed by atoms with E-state index in [0.29, 0.717) is 49.4 Å². The molecule has 0 saturated carbocycles. The summed E-state index contributed by atoms with van der Waals surface area (Å²) in [5.74, 6) is 0.607. The fraction of sp³-hybridized carbons (Fsp3) is 0.583. The van der Waals surface area contributed by atoms with E-state index < -0.39 is 0 Å². The molecule has 1 amide bonds. The maximum absolute atomic E-state index is 13.8. The molecule has 0 N–H and O–H groups in total. The molecule has 1 fully saturated rings. The average Bonchev–Trinajstić information content (AvgIpc) is 2.69. The second-order valence-electron chi connectivity index (χ2n) is 8.06. The number of halogens is 1. The molecule has 3 rings (SSSR count). The first-order valence-electron chi connectivity index (χ1n) is 11.1. The summed E-state index contributed by atoms with van der Waals surface area (Å²) in [6.07, 6.45) is 5.80. The lowest BCUT2D eigenvalue weighted by Crippen LogP contribution is -2.54. The Morgan fingerprint density at radius 2 is 1.97 bits per heavy atom. The second-order valence-corrected chi connectivity index (χ2v) is 8.06. The van der Waals surface area contributed by atoms with Crippen LogP contribution in [0.3, 0.4) is 0 Å². The van der Waals surface area contributed by atoms with E-state index in [0.717, 1.165) is 43.4 Å². The number of hydrogen-bond acceptors (Lipinski definition) is 4. The Morgan fingerprint density at radius 3 is 2.70 bits per heavy atom. The van der Waals surface area contributed by atoms with Gasteiger partial charge in [-0.15, -0.1) is 0 Å². The molecule has 0 atom stereocenters. The van der Waals surface area contributed by atoms with Crippen LogP contribution in [0, 0.1) is 12.7 Å². The van der Waals surface area contributed by atoms with Crippen molar-refractivity contribution in [2.75, 3.05) is 19.7 Å². The molecule has 1 aliphatic rings. The zero-order chi connectivity index (χ0) is 21.5. The summed E-state index contributed by atoms with van der Waals surface area (Å²) in [7, 11) is 0. The summed E-state index contributed by atoms with van der Waals surface area (Å²) in [5.41, 5.74) is 2.39. The number of hydrogen-bond donors (Lipinski definition) is 0. The number of fused-ring (bicyclic) bond motifs is 1. The number of rotatable bonds is 11.